The average Bonchev–Trinajstić information content (AvgIpc) is 3.08. The third-order valence-corrected chi connectivity index (χ3v) is 8.80. The summed E-state index contributed by atoms with van der Waals surface area (Å²) in [4.78, 5) is 22.6. The van der Waals surface area contributed by atoms with E-state index in [2.05, 4.69) is 34.8 Å². The zero-order valence-corrected chi connectivity index (χ0v) is 19.4. The summed E-state index contributed by atoms with van der Waals surface area (Å²) in [5, 5.41) is 0. The molecule has 154 valence electrons. The van der Waals surface area contributed by atoms with Gasteiger partial charge in [-0.25, -0.2) is 13.9 Å². The second-order valence-corrected chi connectivity index (χ2v) is 16.8. The van der Waals surface area contributed by atoms with Gasteiger partial charge in [-0.1, -0.05) is 25.7 Å². The quantitative estimate of drug-likeness (QED) is 0.354. The van der Waals surface area contributed by atoms with E-state index in [0.717, 1.165) is 22.3 Å². The van der Waals surface area contributed by atoms with Crippen molar-refractivity contribution >= 4 is 35.3 Å². The van der Waals surface area contributed by atoms with E-state index in [4.69, 9.17) is 4.84 Å². The zero-order valence-electron chi connectivity index (χ0n) is 16.8. The summed E-state index contributed by atoms with van der Waals surface area (Å²) >= 11 is 1.10. The number of aromatic nitrogens is 1. The van der Waals surface area contributed by atoms with E-state index in [9.17, 15) is 13.2 Å². The van der Waals surface area contributed by atoms with Crippen LogP contribution in [0.1, 0.15) is 13.8 Å². The molecule has 2 aromatic heterocycles. The number of nitrogens with zero attached hydrogens (tertiary/aromatic N) is 1. The lowest BCUT2D eigenvalue weighted by molar-refractivity contribution is -0.138. The van der Waals surface area contributed by atoms with Gasteiger partial charge in [0.1, 0.15) is 9.75 Å². The van der Waals surface area contributed by atoms with Crippen LogP contribution in [0.4, 0.5) is 0 Å². The number of rotatable bonds is 9. The largest absolute Gasteiger partial charge is 0.274 e. The van der Waals surface area contributed by atoms with Crippen LogP contribution < -0.4 is 10.2 Å². The number of carbonyl (C=O) groups is 1. The summed E-state index contributed by atoms with van der Waals surface area (Å²) in [7, 11) is -5.15. The molecule has 0 aliphatic rings. The Bertz CT molecular complexity index is 906. The van der Waals surface area contributed by atoms with E-state index < -0.39 is 29.5 Å². The van der Waals surface area contributed by atoms with Gasteiger partial charge < -0.3 is 0 Å². The number of amides is 1. The first-order chi connectivity index (χ1) is 12.9. The maximum absolute atomic E-state index is 12.7. The summed E-state index contributed by atoms with van der Waals surface area (Å²) in [6.45, 7) is 10.0. The molecule has 2 heterocycles. The van der Waals surface area contributed by atoms with Crippen molar-refractivity contribution in [2.75, 3.05) is 6.61 Å². The second-order valence-electron chi connectivity index (χ2n) is 8.15. The number of hydrogen-bond donors (Lipinski definition) is 2. The summed E-state index contributed by atoms with van der Waals surface area (Å²) in [5.74, 6) is -0.548. The maximum Gasteiger partial charge on any atom is 0.264 e. The van der Waals surface area contributed by atoms with Crippen LogP contribution in [0.5, 0.6) is 0 Å². The van der Waals surface area contributed by atoms with Gasteiger partial charge in [0.2, 0.25) is 0 Å². The standard InChI is InChI=1S/C18H27N3O4S2Si/c1-18(2,17(22)20-25-12-13-28(3,4)5)21-27(23,24)16-10-9-15(26-16)14-8-6-7-11-19-14/h6-11,21H,12-13H2,1-5H3,(H,20,22). The normalized spacial score (nSPS) is 12.8. The molecule has 0 aliphatic carbocycles. The summed E-state index contributed by atoms with van der Waals surface area (Å²) in [5.41, 5.74) is 1.68. The Morgan fingerprint density at radius 2 is 1.93 bits per heavy atom. The van der Waals surface area contributed by atoms with Crippen LogP contribution in [-0.4, -0.2) is 39.5 Å². The Morgan fingerprint density at radius 1 is 1.21 bits per heavy atom. The Kier molecular flexibility index (Phi) is 7.15. The van der Waals surface area contributed by atoms with Crippen molar-refractivity contribution in [3.05, 3.63) is 36.5 Å². The van der Waals surface area contributed by atoms with Gasteiger partial charge in [0, 0.05) is 14.3 Å². The van der Waals surface area contributed by atoms with E-state index in [0.29, 0.717) is 12.3 Å². The molecule has 0 saturated carbocycles. The molecule has 0 aliphatic heterocycles. The van der Waals surface area contributed by atoms with Crippen LogP contribution in [0.25, 0.3) is 10.6 Å². The minimum absolute atomic E-state index is 0.119. The fraction of sp³-hybridized carbons (Fsp3) is 0.444. The van der Waals surface area contributed by atoms with E-state index in [-0.39, 0.29) is 4.21 Å². The maximum atomic E-state index is 12.7. The lowest BCUT2D eigenvalue weighted by Crippen LogP contribution is -2.54. The molecule has 2 rings (SSSR count). The van der Waals surface area contributed by atoms with Gasteiger partial charge in [-0.05, 0) is 44.2 Å². The molecule has 0 unspecified atom stereocenters. The highest BCUT2D eigenvalue weighted by Gasteiger charge is 2.34. The fourth-order valence-corrected chi connectivity index (χ4v) is 5.52. The number of nitrogens with one attached hydrogen (secondary N) is 2. The first-order valence-corrected chi connectivity index (χ1v) is 14.9. The van der Waals surface area contributed by atoms with E-state index in [1.807, 2.05) is 12.1 Å². The monoisotopic (exact) mass is 441 g/mol. The minimum Gasteiger partial charge on any atom is -0.274 e. The van der Waals surface area contributed by atoms with Crippen LogP contribution in [0.3, 0.4) is 0 Å². The number of pyridine rings is 1. The van der Waals surface area contributed by atoms with Gasteiger partial charge >= 0.3 is 0 Å². The molecule has 2 N–H and O–H groups in total. The van der Waals surface area contributed by atoms with Crippen LogP contribution in [-0.2, 0) is 19.7 Å². The van der Waals surface area contributed by atoms with Crippen molar-refractivity contribution in [2.45, 2.75) is 49.3 Å². The SMILES string of the molecule is CC(C)(NS(=O)(=O)c1ccc(-c2ccccn2)s1)C(=O)NOCC[Si](C)(C)C. The predicted molar refractivity (Wildman–Crippen MR) is 114 cm³/mol. The van der Waals surface area contributed by atoms with Crippen LogP contribution >= 0.6 is 11.3 Å². The fourth-order valence-electron chi connectivity index (χ4n) is 2.14. The molecule has 2 aromatic rings. The van der Waals surface area contributed by atoms with Gasteiger partial charge in [0.15, 0.2) is 0 Å². The van der Waals surface area contributed by atoms with Crippen LogP contribution in [0.2, 0.25) is 25.7 Å². The van der Waals surface area contributed by atoms with E-state index in [1.54, 1.807) is 18.3 Å². The van der Waals surface area contributed by atoms with Crippen molar-refractivity contribution in [2.24, 2.45) is 0 Å². The molecular formula is C18H27N3O4S2Si. The lowest BCUT2D eigenvalue weighted by Gasteiger charge is -2.24. The highest BCUT2D eigenvalue weighted by molar-refractivity contribution is 7.91. The molecule has 0 bridgehead atoms. The molecule has 0 atom stereocenters. The van der Waals surface area contributed by atoms with Crippen molar-refractivity contribution < 1.29 is 18.0 Å². The molecule has 0 fully saturated rings. The molecule has 28 heavy (non-hydrogen) atoms. The number of sulfonamides is 1. The molecule has 1 amide bonds. The van der Waals surface area contributed by atoms with Gasteiger partial charge in [-0.2, -0.15) is 4.72 Å². The van der Waals surface area contributed by atoms with Crippen LogP contribution in [0, 0.1) is 0 Å². The van der Waals surface area contributed by atoms with Crippen LogP contribution in [0.15, 0.2) is 40.7 Å². The summed E-state index contributed by atoms with van der Waals surface area (Å²) in [6.07, 6.45) is 1.65. The average molecular weight is 442 g/mol. The second kappa shape index (κ2) is 8.83. The third-order valence-electron chi connectivity index (χ3n) is 3.84. The zero-order chi connectivity index (χ0) is 21.0. The highest BCUT2D eigenvalue weighted by Crippen LogP contribution is 2.29. The number of hydrogen-bond acceptors (Lipinski definition) is 6. The number of thiophene rings is 1. The van der Waals surface area contributed by atoms with Gasteiger partial charge in [-0.3, -0.25) is 14.6 Å². The lowest BCUT2D eigenvalue weighted by atomic mass is 10.1. The first kappa shape index (κ1) is 22.7. The predicted octanol–water partition coefficient (Wildman–Crippen LogP) is 3.25. The summed E-state index contributed by atoms with van der Waals surface area (Å²) in [6, 6.07) is 9.55. The van der Waals surface area contributed by atoms with Gasteiger partial charge in [0.05, 0.1) is 17.2 Å². The first-order valence-electron chi connectivity index (χ1n) is 8.88. The van der Waals surface area contributed by atoms with Crippen molar-refractivity contribution in [3.63, 3.8) is 0 Å². The third kappa shape index (κ3) is 6.49. The smallest absolute Gasteiger partial charge is 0.264 e. The molecule has 0 spiro atoms. The van der Waals surface area contributed by atoms with Crippen molar-refractivity contribution in [3.8, 4) is 10.6 Å². The summed E-state index contributed by atoms with van der Waals surface area (Å²) < 4.78 is 28.0. The van der Waals surface area contributed by atoms with E-state index >= 15 is 0 Å². The molecule has 7 nitrogen and oxygen atoms in total. The molecule has 0 radical (unpaired) electrons. The Hall–Kier alpha value is -1.59. The number of hydroxylamine groups is 1. The molecular weight excluding hydrogens is 414 g/mol. The van der Waals surface area contributed by atoms with Crippen molar-refractivity contribution in [1.82, 2.24) is 15.2 Å². The number of carbonyl (C=O) groups excluding carboxylic acids is 1. The van der Waals surface area contributed by atoms with Gasteiger partial charge in [-0.15, -0.1) is 11.3 Å². The molecule has 0 aromatic carbocycles. The minimum atomic E-state index is -3.87. The topological polar surface area (TPSA) is 97.4 Å². The molecule has 0 saturated heterocycles. The molecule has 10 heteroatoms. The van der Waals surface area contributed by atoms with Gasteiger partial charge in [0.25, 0.3) is 15.9 Å². The Balaban J connectivity index is 2.02. The van der Waals surface area contributed by atoms with E-state index in [1.165, 1.54) is 19.9 Å². The van der Waals surface area contributed by atoms with Crippen molar-refractivity contribution in [1.29, 1.82) is 0 Å². The Labute approximate surface area is 171 Å². The highest BCUT2D eigenvalue weighted by atomic mass is 32.2. The Morgan fingerprint density at radius 3 is 2.54 bits per heavy atom.